The first-order chi connectivity index (χ1) is 10.3. The zero-order valence-electron chi connectivity index (χ0n) is 11.2. The molecule has 1 aromatic heterocycles. The Labute approximate surface area is 131 Å². The normalized spacial score (nSPS) is 11.1. The summed E-state index contributed by atoms with van der Waals surface area (Å²) < 4.78 is 6.32. The van der Waals surface area contributed by atoms with Crippen LogP contribution in [0.3, 0.4) is 0 Å². The highest BCUT2D eigenvalue weighted by atomic mass is 79.9. The predicted octanol–water partition coefficient (Wildman–Crippen LogP) is 4.59. The third kappa shape index (κ3) is 3.89. The van der Waals surface area contributed by atoms with Crippen LogP contribution in [0.2, 0.25) is 0 Å². The maximum absolute atomic E-state index is 5.26. The lowest BCUT2D eigenvalue weighted by Gasteiger charge is -1.96. The second-order valence-corrected chi connectivity index (χ2v) is 5.51. The van der Waals surface area contributed by atoms with Crippen LogP contribution in [0.25, 0.3) is 12.2 Å². The van der Waals surface area contributed by atoms with E-state index in [1.165, 1.54) is 0 Å². The molecule has 104 valence electrons. The number of rotatable bonds is 4. The fourth-order valence-electron chi connectivity index (χ4n) is 1.92. The van der Waals surface area contributed by atoms with Crippen LogP contribution in [-0.4, -0.2) is 10.1 Å². The molecule has 0 saturated carbocycles. The molecule has 0 amide bonds. The summed E-state index contributed by atoms with van der Waals surface area (Å²) in [5, 5.41) is 3.96. The Morgan fingerprint density at radius 1 is 0.952 bits per heavy atom. The van der Waals surface area contributed by atoms with Gasteiger partial charge in [0.2, 0.25) is 5.89 Å². The molecule has 0 aliphatic rings. The third-order valence-electron chi connectivity index (χ3n) is 2.98. The zero-order chi connectivity index (χ0) is 14.5. The summed E-state index contributed by atoms with van der Waals surface area (Å²) in [5.74, 6) is 1.20. The van der Waals surface area contributed by atoms with Gasteiger partial charge in [-0.15, -0.1) is 0 Å². The Hall–Kier alpha value is -2.20. The molecule has 0 fully saturated rings. The minimum absolute atomic E-state index is 0.589. The highest BCUT2D eigenvalue weighted by molar-refractivity contribution is 9.10. The summed E-state index contributed by atoms with van der Waals surface area (Å²) in [5.41, 5.74) is 2.25. The molecule has 3 nitrogen and oxygen atoms in total. The van der Waals surface area contributed by atoms with E-state index in [0.717, 1.165) is 15.6 Å². The lowest BCUT2D eigenvalue weighted by atomic mass is 10.1. The monoisotopic (exact) mass is 340 g/mol. The standard InChI is InChI=1S/C17H13BrN2O/c18-15-9-6-14(7-10-15)12-17-19-16(20-21-17)11-8-13-4-2-1-3-5-13/h1-11H,12H2/b11-8+. The molecule has 0 aliphatic heterocycles. The van der Waals surface area contributed by atoms with Gasteiger partial charge in [-0.2, -0.15) is 4.98 Å². The van der Waals surface area contributed by atoms with Crippen molar-refractivity contribution in [2.24, 2.45) is 0 Å². The fourth-order valence-corrected chi connectivity index (χ4v) is 2.18. The SMILES string of the molecule is Brc1ccc(Cc2nc(/C=C/c3ccccc3)no2)cc1. The maximum Gasteiger partial charge on any atom is 0.231 e. The lowest BCUT2D eigenvalue weighted by Crippen LogP contribution is -1.87. The van der Waals surface area contributed by atoms with E-state index < -0.39 is 0 Å². The molecular weight excluding hydrogens is 328 g/mol. The molecule has 0 atom stereocenters. The van der Waals surface area contributed by atoms with Crippen molar-refractivity contribution in [3.8, 4) is 0 Å². The van der Waals surface area contributed by atoms with Gasteiger partial charge in [0.05, 0.1) is 6.42 Å². The number of hydrogen-bond donors (Lipinski definition) is 0. The summed E-state index contributed by atoms with van der Waals surface area (Å²) in [6, 6.07) is 18.1. The fraction of sp³-hybridized carbons (Fsp3) is 0.0588. The average molecular weight is 341 g/mol. The minimum Gasteiger partial charge on any atom is -0.339 e. The highest BCUT2D eigenvalue weighted by Gasteiger charge is 2.05. The molecule has 21 heavy (non-hydrogen) atoms. The largest absolute Gasteiger partial charge is 0.339 e. The number of hydrogen-bond acceptors (Lipinski definition) is 3. The number of aromatic nitrogens is 2. The molecule has 0 radical (unpaired) electrons. The first-order valence-corrected chi connectivity index (χ1v) is 7.39. The van der Waals surface area contributed by atoms with E-state index in [1.54, 1.807) is 0 Å². The van der Waals surface area contributed by atoms with Crippen LogP contribution in [-0.2, 0) is 6.42 Å². The van der Waals surface area contributed by atoms with Crippen molar-refractivity contribution in [1.82, 2.24) is 10.1 Å². The van der Waals surface area contributed by atoms with E-state index in [0.29, 0.717) is 18.1 Å². The molecule has 3 aromatic rings. The van der Waals surface area contributed by atoms with E-state index in [1.807, 2.05) is 66.7 Å². The van der Waals surface area contributed by atoms with E-state index >= 15 is 0 Å². The second kappa shape index (κ2) is 6.50. The van der Waals surface area contributed by atoms with Gasteiger partial charge in [-0.1, -0.05) is 69.6 Å². The average Bonchev–Trinajstić information content (AvgIpc) is 2.96. The van der Waals surface area contributed by atoms with E-state index in [4.69, 9.17) is 4.52 Å². The topological polar surface area (TPSA) is 38.9 Å². The van der Waals surface area contributed by atoms with Crippen LogP contribution in [0.5, 0.6) is 0 Å². The van der Waals surface area contributed by atoms with Crippen molar-refractivity contribution in [2.75, 3.05) is 0 Å². The number of halogens is 1. The van der Waals surface area contributed by atoms with Crippen molar-refractivity contribution >= 4 is 28.1 Å². The Morgan fingerprint density at radius 2 is 1.71 bits per heavy atom. The van der Waals surface area contributed by atoms with Crippen LogP contribution < -0.4 is 0 Å². The van der Waals surface area contributed by atoms with Crippen LogP contribution in [0.4, 0.5) is 0 Å². The van der Waals surface area contributed by atoms with Gasteiger partial charge >= 0.3 is 0 Å². The van der Waals surface area contributed by atoms with Gasteiger partial charge in [-0.05, 0) is 29.3 Å². The molecule has 4 heteroatoms. The summed E-state index contributed by atoms with van der Waals surface area (Å²) >= 11 is 3.42. The molecule has 0 unspecified atom stereocenters. The molecule has 3 rings (SSSR count). The summed E-state index contributed by atoms with van der Waals surface area (Å²) in [6.07, 6.45) is 4.46. The molecule has 0 N–H and O–H groups in total. The Kier molecular flexibility index (Phi) is 4.26. The van der Waals surface area contributed by atoms with Gasteiger partial charge in [0.15, 0.2) is 5.82 Å². The first kappa shape index (κ1) is 13.8. The Morgan fingerprint density at radius 3 is 2.48 bits per heavy atom. The van der Waals surface area contributed by atoms with Gasteiger partial charge in [-0.3, -0.25) is 0 Å². The quantitative estimate of drug-likeness (QED) is 0.697. The van der Waals surface area contributed by atoms with Gasteiger partial charge < -0.3 is 4.52 Å². The van der Waals surface area contributed by atoms with E-state index in [2.05, 4.69) is 26.1 Å². The Bertz CT molecular complexity index is 733. The molecule has 0 bridgehead atoms. The van der Waals surface area contributed by atoms with Crippen LogP contribution in [0.15, 0.2) is 63.6 Å². The van der Waals surface area contributed by atoms with Gasteiger partial charge in [0.1, 0.15) is 0 Å². The van der Waals surface area contributed by atoms with Crippen LogP contribution in [0, 0.1) is 0 Å². The lowest BCUT2D eigenvalue weighted by molar-refractivity contribution is 0.383. The van der Waals surface area contributed by atoms with Gasteiger partial charge in [0, 0.05) is 4.47 Å². The van der Waals surface area contributed by atoms with Crippen molar-refractivity contribution in [3.63, 3.8) is 0 Å². The van der Waals surface area contributed by atoms with E-state index in [-0.39, 0.29) is 0 Å². The third-order valence-corrected chi connectivity index (χ3v) is 3.51. The molecule has 0 aliphatic carbocycles. The van der Waals surface area contributed by atoms with Crippen molar-refractivity contribution in [3.05, 3.63) is 81.9 Å². The highest BCUT2D eigenvalue weighted by Crippen LogP contribution is 2.14. The smallest absolute Gasteiger partial charge is 0.231 e. The van der Waals surface area contributed by atoms with Gasteiger partial charge in [0.25, 0.3) is 0 Å². The molecular formula is C17H13BrN2O. The number of benzene rings is 2. The molecule has 0 saturated heterocycles. The summed E-state index contributed by atoms with van der Waals surface area (Å²) in [4.78, 5) is 4.37. The number of nitrogens with zero attached hydrogens (tertiary/aromatic N) is 2. The maximum atomic E-state index is 5.26. The van der Waals surface area contributed by atoms with Crippen LogP contribution >= 0.6 is 15.9 Å². The van der Waals surface area contributed by atoms with Crippen molar-refractivity contribution in [2.45, 2.75) is 6.42 Å². The Balaban J connectivity index is 1.69. The van der Waals surface area contributed by atoms with Crippen LogP contribution in [0.1, 0.15) is 22.8 Å². The molecule has 0 spiro atoms. The minimum atomic E-state index is 0.589. The van der Waals surface area contributed by atoms with Crippen molar-refractivity contribution < 1.29 is 4.52 Å². The molecule has 2 aromatic carbocycles. The summed E-state index contributed by atoms with van der Waals surface area (Å²) in [6.45, 7) is 0. The second-order valence-electron chi connectivity index (χ2n) is 4.59. The van der Waals surface area contributed by atoms with Gasteiger partial charge in [-0.25, -0.2) is 0 Å². The zero-order valence-corrected chi connectivity index (χ0v) is 12.8. The first-order valence-electron chi connectivity index (χ1n) is 6.60. The van der Waals surface area contributed by atoms with E-state index in [9.17, 15) is 0 Å². The van der Waals surface area contributed by atoms with Crippen molar-refractivity contribution in [1.29, 1.82) is 0 Å². The predicted molar refractivity (Wildman–Crippen MR) is 86.6 cm³/mol. The molecule has 1 heterocycles. The summed E-state index contributed by atoms with van der Waals surface area (Å²) in [7, 11) is 0.